The topological polar surface area (TPSA) is 64.1 Å². The molecule has 0 bridgehead atoms. The van der Waals surface area contributed by atoms with Gasteiger partial charge in [0.05, 0.1) is 18.5 Å². The van der Waals surface area contributed by atoms with Crippen LogP contribution in [0.3, 0.4) is 0 Å². The van der Waals surface area contributed by atoms with E-state index < -0.39 is 5.97 Å². The molecule has 0 aliphatic rings. The number of aromatic nitrogens is 2. The monoisotopic (exact) mass is 277 g/mol. The molecule has 98 valence electrons. The van der Waals surface area contributed by atoms with Crippen molar-refractivity contribution in [2.45, 2.75) is 6.92 Å². The van der Waals surface area contributed by atoms with Gasteiger partial charge in [-0.2, -0.15) is 0 Å². The Morgan fingerprint density at radius 3 is 2.95 bits per heavy atom. The number of nitrogens with one attached hydrogen (secondary N) is 1. The molecule has 0 radical (unpaired) electrons. The van der Waals surface area contributed by atoms with Crippen molar-refractivity contribution in [2.75, 3.05) is 11.9 Å². The Balaban J connectivity index is 2.32. The van der Waals surface area contributed by atoms with Crippen molar-refractivity contribution >= 4 is 29.1 Å². The lowest BCUT2D eigenvalue weighted by molar-refractivity contribution is 0.0527. The second kappa shape index (κ2) is 6.15. The van der Waals surface area contributed by atoms with E-state index in [2.05, 4.69) is 15.3 Å². The Kier molecular flexibility index (Phi) is 4.30. The highest BCUT2D eigenvalue weighted by molar-refractivity contribution is 6.29. The van der Waals surface area contributed by atoms with Gasteiger partial charge in [0.2, 0.25) is 0 Å². The number of esters is 1. The summed E-state index contributed by atoms with van der Waals surface area (Å²) in [6.45, 7) is 2.04. The fourth-order valence-electron chi connectivity index (χ4n) is 1.48. The molecule has 1 N–H and O–H groups in total. The lowest BCUT2D eigenvalue weighted by atomic mass is 10.2. The first-order chi connectivity index (χ1) is 9.20. The summed E-state index contributed by atoms with van der Waals surface area (Å²) < 4.78 is 4.97. The summed E-state index contributed by atoms with van der Waals surface area (Å²) in [5.41, 5.74) is 1.04. The zero-order valence-electron chi connectivity index (χ0n) is 10.3. The molecule has 2 aromatic rings. The van der Waals surface area contributed by atoms with Crippen LogP contribution in [-0.4, -0.2) is 22.5 Å². The molecule has 0 unspecified atom stereocenters. The van der Waals surface area contributed by atoms with Gasteiger partial charge in [-0.25, -0.2) is 9.78 Å². The molecular formula is C13H12ClN3O2. The van der Waals surface area contributed by atoms with E-state index in [0.29, 0.717) is 28.8 Å². The van der Waals surface area contributed by atoms with Crippen molar-refractivity contribution in [1.82, 2.24) is 9.97 Å². The van der Waals surface area contributed by atoms with Gasteiger partial charge in [-0.15, -0.1) is 0 Å². The molecule has 0 amide bonds. The average molecular weight is 278 g/mol. The second-order valence-electron chi connectivity index (χ2n) is 3.62. The number of halogens is 1. The fourth-order valence-corrected chi connectivity index (χ4v) is 1.63. The zero-order chi connectivity index (χ0) is 13.7. The van der Waals surface area contributed by atoms with E-state index in [1.165, 1.54) is 0 Å². The Labute approximate surface area is 115 Å². The van der Waals surface area contributed by atoms with Gasteiger partial charge < -0.3 is 10.1 Å². The molecule has 0 saturated heterocycles. The van der Waals surface area contributed by atoms with Crippen LogP contribution >= 0.6 is 11.6 Å². The van der Waals surface area contributed by atoms with Crippen LogP contribution in [0.4, 0.5) is 11.5 Å². The highest BCUT2D eigenvalue weighted by Crippen LogP contribution is 2.21. The van der Waals surface area contributed by atoms with Gasteiger partial charge in [0.15, 0.2) is 0 Å². The maximum absolute atomic E-state index is 11.8. The van der Waals surface area contributed by atoms with Gasteiger partial charge in [-0.3, -0.25) is 4.98 Å². The molecule has 2 aromatic heterocycles. The smallest absolute Gasteiger partial charge is 0.341 e. The summed E-state index contributed by atoms with van der Waals surface area (Å²) in [5, 5.41) is 3.28. The van der Waals surface area contributed by atoms with Crippen LogP contribution in [0.2, 0.25) is 5.15 Å². The summed E-state index contributed by atoms with van der Waals surface area (Å²) >= 11 is 5.85. The van der Waals surface area contributed by atoms with Crippen molar-refractivity contribution < 1.29 is 9.53 Å². The van der Waals surface area contributed by atoms with E-state index in [-0.39, 0.29) is 0 Å². The number of nitrogens with zero attached hydrogens (tertiary/aromatic N) is 2. The van der Waals surface area contributed by atoms with Gasteiger partial charge in [0.1, 0.15) is 16.5 Å². The Morgan fingerprint density at radius 1 is 1.42 bits per heavy atom. The third-order valence-electron chi connectivity index (χ3n) is 2.28. The highest BCUT2D eigenvalue weighted by atomic mass is 35.5. The lowest BCUT2D eigenvalue weighted by Crippen LogP contribution is -2.09. The average Bonchev–Trinajstić information content (AvgIpc) is 2.40. The number of hydrogen-bond acceptors (Lipinski definition) is 5. The van der Waals surface area contributed by atoms with Crippen LogP contribution in [0.25, 0.3) is 0 Å². The lowest BCUT2D eigenvalue weighted by Gasteiger charge is -2.10. The van der Waals surface area contributed by atoms with Crippen molar-refractivity contribution in [2.24, 2.45) is 0 Å². The largest absolute Gasteiger partial charge is 0.462 e. The minimum atomic E-state index is -0.446. The van der Waals surface area contributed by atoms with Crippen LogP contribution in [-0.2, 0) is 4.74 Å². The molecule has 0 aliphatic carbocycles. The predicted octanol–water partition coefficient (Wildman–Crippen LogP) is 3.05. The number of rotatable bonds is 4. The van der Waals surface area contributed by atoms with E-state index in [9.17, 15) is 4.79 Å². The standard InChI is InChI=1S/C13H12ClN3O2/c1-2-19-13(18)10-5-6-11(14)17-12(10)16-9-4-3-7-15-8-9/h3-8H,2H2,1H3,(H,16,17). The fraction of sp³-hybridized carbons (Fsp3) is 0.154. The van der Waals surface area contributed by atoms with Gasteiger partial charge in [0, 0.05) is 6.20 Å². The van der Waals surface area contributed by atoms with Gasteiger partial charge in [-0.1, -0.05) is 11.6 Å². The van der Waals surface area contributed by atoms with Crippen molar-refractivity contribution in [3.63, 3.8) is 0 Å². The molecule has 0 saturated carbocycles. The van der Waals surface area contributed by atoms with E-state index in [1.807, 2.05) is 6.07 Å². The van der Waals surface area contributed by atoms with E-state index in [1.54, 1.807) is 37.5 Å². The van der Waals surface area contributed by atoms with Gasteiger partial charge in [-0.05, 0) is 31.2 Å². The molecular weight excluding hydrogens is 266 g/mol. The van der Waals surface area contributed by atoms with Crippen LogP contribution in [0.5, 0.6) is 0 Å². The number of pyridine rings is 2. The first kappa shape index (κ1) is 13.3. The van der Waals surface area contributed by atoms with Crippen LogP contribution in [0.1, 0.15) is 17.3 Å². The molecule has 0 atom stereocenters. The first-order valence-electron chi connectivity index (χ1n) is 5.71. The first-order valence-corrected chi connectivity index (χ1v) is 6.09. The van der Waals surface area contributed by atoms with E-state index in [0.717, 1.165) is 0 Å². The summed E-state index contributed by atoms with van der Waals surface area (Å²) in [4.78, 5) is 19.9. The van der Waals surface area contributed by atoms with Gasteiger partial charge >= 0.3 is 5.97 Å². The molecule has 0 fully saturated rings. The zero-order valence-corrected chi connectivity index (χ0v) is 11.0. The van der Waals surface area contributed by atoms with Crippen LogP contribution < -0.4 is 5.32 Å². The minimum absolute atomic E-state index is 0.291. The van der Waals surface area contributed by atoms with E-state index in [4.69, 9.17) is 16.3 Å². The van der Waals surface area contributed by atoms with Crippen LogP contribution in [0, 0.1) is 0 Å². The van der Waals surface area contributed by atoms with Crippen molar-refractivity contribution in [3.05, 3.63) is 47.4 Å². The molecule has 0 spiro atoms. The maximum atomic E-state index is 11.8. The molecule has 6 heteroatoms. The van der Waals surface area contributed by atoms with E-state index >= 15 is 0 Å². The summed E-state index contributed by atoms with van der Waals surface area (Å²) in [7, 11) is 0. The summed E-state index contributed by atoms with van der Waals surface area (Å²) in [6.07, 6.45) is 3.28. The quantitative estimate of drug-likeness (QED) is 0.687. The SMILES string of the molecule is CCOC(=O)c1ccc(Cl)nc1Nc1cccnc1. The Hall–Kier alpha value is -2.14. The molecule has 5 nitrogen and oxygen atoms in total. The Bertz CT molecular complexity index is 575. The minimum Gasteiger partial charge on any atom is -0.462 e. The molecule has 2 heterocycles. The second-order valence-corrected chi connectivity index (χ2v) is 4.00. The van der Waals surface area contributed by atoms with Crippen molar-refractivity contribution in [3.8, 4) is 0 Å². The summed E-state index contributed by atoms with van der Waals surface area (Å²) in [6, 6.07) is 6.70. The highest BCUT2D eigenvalue weighted by Gasteiger charge is 2.14. The number of hydrogen-bond donors (Lipinski definition) is 1. The van der Waals surface area contributed by atoms with Gasteiger partial charge in [0.25, 0.3) is 0 Å². The number of ether oxygens (including phenoxy) is 1. The molecule has 0 aliphatic heterocycles. The number of carbonyl (C=O) groups excluding carboxylic acids is 1. The maximum Gasteiger partial charge on any atom is 0.341 e. The van der Waals surface area contributed by atoms with Crippen molar-refractivity contribution in [1.29, 1.82) is 0 Å². The number of anilines is 2. The summed E-state index contributed by atoms with van der Waals surface area (Å²) in [5.74, 6) is -0.1000. The van der Waals surface area contributed by atoms with Crippen LogP contribution in [0.15, 0.2) is 36.7 Å². The number of carbonyl (C=O) groups is 1. The normalized spacial score (nSPS) is 10.0. The molecule has 19 heavy (non-hydrogen) atoms. The molecule has 0 aromatic carbocycles. The predicted molar refractivity (Wildman–Crippen MR) is 72.7 cm³/mol. The Morgan fingerprint density at radius 2 is 2.26 bits per heavy atom. The third-order valence-corrected chi connectivity index (χ3v) is 2.49. The third kappa shape index (κ3) is 3.42. The molecule has 2 rings (SSSR count).